The van der Waals surface area contributed by atoms with E-state index < -0.39 is 15.8 Å². The first-order valence-corrected chi connectivity index (χ1v) is 12.8. The fourth-order valence-corrected chi connectivity index (χ4v) is 5.04. The van der Waals surface area contributed by atoms with E-state index in [-0.39, 0.29) is 16.7 Å². The quantitative estimate of drug-likeness (QED) is 0.470. The molecule has 9 nitrogen and oxygen atoms in total. The summed E-state index contributed by atoms with van der Waals surface area (Å²) in [6.45, 7) is 6.29. The molecule has 1 saturated heterocycles. The SMILES string of the molecule is Cc1cccc(Cc2nc(CN3CC(C)CC(OC=O)C3)nn2-c2ccc(S(N)(=O)=O)cc2F)c1. The number of rotatable bonds is 8. The fourth-order valence-electron chi connectivity index (χ4n) is 4.51. The monoisotopic (exact) mass is 501 g/mol. The number of hydrogen-bond acceptors (Lipinski definition) is 7. The van der Waals surface area contributed by atoms with Crippen LogP contribution in [0, 0.1) is 18.7 Å². The van der Waals surface area contributed by atoms with Gasteiger partial charge in [0.05, 0.1) is 11.4 Å². The molecule has 186 valence electrons. The highest BCUT2D eigenvalue weighted by molar-refractivity contribution is 7.89. The minimum Gasteiger partial charge on any atom is -0.463 e. The molecule has 2 heterocycles. The van der Waals surface area contributed by atoms with Gasteiger partial charge in [0.1, 0.15) is 23.4 Å². The number of aromatic nitrogens is 3. The molecule has 0 aliphatic carbocycles. The Morgan fingerprint density at radius 1 is 1.23 bits per heavy atom. The minimum atomic E-state index is -4.05. The highest BCUT2D eigenvalue weighted by Crippen LogP contribution is 2.23. The van der Waals surface area contributed by atoms with Crippen LogP contribution in [0.5, 0.6) is 0 Å². The van der Waals surface area contributed by atoms with Gasteiger partial charge in [0, 0.05) is 19.5 Å². The van der Waals surface area contributed by atoms with Crippen molar-refractivity contribution in [2.24, 2.45) is 11.1 Å². The fraction of sp³-hybridized carbons (Fsp3) is 0.375. The maximum atomic E-state index is 15.0. The number of sulfonamides is 1. The van der Waals surface area contributed by atoms with E-state index in [0.717, 1.165) is 30.2 Å². The topological polar surface area (TPSA) is 120 Å². The lowest BCUT2D eigenvalue weighted by Gasteiger charge is -2.34. The molecule has 0 saturated carbocycles. The Bertz CT molecular complexity index is 1330. The van der Waals surface area contributed by atoms with Gasteiger partial charge in [0.2, 0.25) is 10.0 Å². The van der Waals surface area contributed by atoms with Crippen LogP contribution in [0.2, 0.25) is 0 Å². The highest BCUT2D eigenvalue weighted by atomic mass is 32.2. The third-order valence-corrected chi connectivity index (χ3v) is 6.86. The molecule has 0 radical (unpaired) electrons. The maximum Gasteiger partial charge on any atom is 0.293 e. The number of benzene rings is 2. The van der Waals surface area contributed by atoms with Crippen LogP contribution in [0.15, 0.2) is 47.4 Å². The van der Waals surface area contributed by atoms with Gasteiger partial charge in [-0.15, -0.1) is 5.10 Å². The van der Waals surface area contributed by atoms with Crippen LogP contribution < -0.4 is 5.14 Å². The minimum absolute atomic E-state index is 0.0768. The van der Waals surface area contributed by atoms with Crippen LogP contribution in [0.1, 0.15) is 36.1 Å². The number of hydrogen-bond donors (Lipinski definition) is 1. The number of piperidine rings is 1. The summed E-state index contributed by atoms with van der Waals surface area (Å²) in [5, 5.41) is 9.72. The van der Waals surface area contributed by atoms with E-state index in [0.29, 0.717) is 43.5 Å². The zero-order valence-electron chi connectivity index (χ0n) is 19.6. The number of carbonyl (C=O) groups is 1. The van der Waals surface area contributed by atoms with Crippen LogP contribution in [0.25, 0.3) is 5.69 Å². The lowest BCUT2D eigenvalue weighted by molar-refractivity contribution is -0.137. The standard InChI is InChI=1S/C24H28FN5O4S/c1-16-4-3-5-18(8-16)10-24-27-23(14-29-12-17(2)9-19(13-29)34-15-31)28-30(24)22-7-6-20(11-21(22)25)35(26,32)33/h3-8,11,15,17,19H,9-10,12-14H2,1-2H3,(H2,26,32,33). The molecular weight excluding hydrogens is 473 g/mol. The molecule has 0 spiro atoms. The summed E-state index contributed by atoms with van der Waals surface area (Å²) in [6, 6.07) is 11.4. The molecule has 11 heteroatoms. The van der Waals surface area contributed by atoms with E-state index in [9.17, 15) is 13.2 Å². The molecule has 3 aromatic rings. The predicted molar refractivity (Wildman–Crippen MR) is 127 cm³/mol. The Morgan fingerprint density at radius 2 is 2.03 bits per heavy atom. The molecular formula is C24H28FN5O4S. The Balaban J connectivity index is 1.69. The lowest BCUT2D eigenvalue weighted by Crippen LogP contribution is -2.43. The van der Waals surface area contributed by atoms with Crippen molar-refractivity contribution in [1.29, 1.82) is 0 Å². The van der Waals surface area contributed by atoms with Crippen molar-refractivity contribution in [3.63, 3.8) is 0 Å². The van der Waals surface area contributed by atoms with Crippen LogP contribution in [0.3, 0.4) is 0 Å². The Morgan fingerprint density at radius 3 is 2.71 bits per heavy atom. The largest absolute Gasteiger partial charge is 0.463 e. The number of nitrogens with zero attached hydrogens (tertiary/aromatic N) is 4. The van der Waals surface area contributed by atoms with Crippen LogP contribution in [-0.4, -0.2) is 53.7 Å². The predicted octanol–water partition coefficient (Wildman–Crippen LogP) is 2.34. The smallest absolute Gasteiger partial charge is 0.293 e. The van der Waals surface area contributed by atoms with Gasteiger partial charge in [-0.2, -0.15) is 0 Å². The van der Waals surface area contributed by atoms with Crippen LogP contribution >= 0.6 is 0 Å². The van der Waals surface area contributed by atoms with Gasteiger partial charge in [-0.1, -0.05) is 36.8 Å². The molecule has 2 unspecified atom stereocenters. The molecule has 4 rings (SSSR count). The van der Waals surface area contributed by atoms with E-state index in [4.69, 9.17) is 14.9 Å². The van der Waals surface area contributed by atoms with Gasteiger partial charge in [0.25, 0.3) is 6.47 Å². The number of likely N-dealkylation sites (tertiary alicyclic amines) is 1. The highest BCUT2D eigenvalue weighted by Gasteiger charge is 2.27. The summed E-state index contributed by atoms with van der Waals surface area (Å²) in [5.41, 5.74) is 2.15. The van der Waals surface area contributed by atoms with E-state index in [1.54, 1.807) is 0 Å². The molecule has 0 amide bonds. The average Bonchev–Trinajstić information content (AvgIpc) is 3.14. The van der Waals surface area contributed by atoms with Crippen molar-refractivity contribution in [2.45, 2.75) is 44.2 Å². The van der Waals surface area contributed by atoms with Crippen molar-refractivity contribution in [2.75, 3.05) is 13.1 Å². The zero-order chi connectivity index (χ0) is 25.2. The molecule has 2 atom stereocenters. The summed E-state index contributed by atoms with van der Waals surface area (Å²) in [4.78, 5) is 17.3. The first-order chi connectivity index (χ1) is 16.6. The van der Waals surface area contributed by atoms with Gasteiger partial charge < -0.3 is 4.74 Å². The van der Waals surface area contributed by atoms with Gasteiger partial charge in [-0.05, 0) is 43.0 Å². The number of ether oxygens (including phenoxy) is 1. The Kier molecular flexibility index (Phi) is 7.29. The molecule has 0 bridgehead atoms. The average molecular weight is 502 g/mol. The van der Waals surface area contributed by atoms with Crippen LogP contribution in [-0.2, 0) is 32.5 Å². The number of halogens is 1. The summed E-state index contributed by atoms with van der Waals surface area (Å²) >= 11 is 0. The first kappa shape index (κ1) is 25.0. The Hall–Kier alpha value is -3.15. The second-order valence-electron chi connectivity index (χ2n) is 9.07. The second-order valence-corrected chi connectivity index (χ2v) is 10.6. The van der Waals surface area contributed by atoms with E-state index in [1.807, 2.05) is 31.2 Å². The summed E-state index contributed by atoms with van der Waals surface area (Å²) in [5.74, 6) is 0.551. The van der Waals surface area contributed by atoms with Crippen molar-refractivity contribution in [3.05, 3.63) is 71.1 Å². The summed E-state index contributed by atoms with van der Waals surface area (Å²) in [7, 11) is -4.05. The van der Waals surface area contributed by atoms with Crippen molar-refractivity contribution >= 4 is 16.5 Å². The lowest BCUT2D eigenvalue weighted by atomic mass is 9.98. The molecule has 1 aliphatic heterocycles. The zero-order valence-corrected chi connectivity index (χ0v) is 20.4. The molecule has 2 aromatic carbocycles. The van der Waals surface area contributed by atoms with E-state index in [1.165, 1.54) is 16.8 Å². The third-order valence-electron chi connectivity index (χ3n) is 5.95. The van der Waals surface area contributed by atoms with Gasteiger partial charge >= 0.3 is 0 Å². The second kappa shape index (κ2) is 10.2. The summed E-state index contributed by atoms with van der Waals surface area (Å²) < 4.78 is 44.9. The molecule has 2 N–H and O–H groups in total. The van der Waals surface area contributed by atoms with Gasteiger partial charge in [0.15, 0.2) is 5.82 Å². The number of carbonyl (C=O) groups excluding carboxylic acids is 1. The van der Waals surface area contributed by atoms with Crippen molar-refractivity contribution in [1.82, 2.24) is 19.7 Å². The molecule has 1 aliphatic rings. The van der Waals surface area contributed by atoms with E-state index >= 15 is 4.39 Å². The summed E-state index contributed by atoms with van der Waals surface area (Å²) in [6.07, 6.45) is 0.989. The number of aryl methyl sites for hydroxylation is 1. The molecule has 35 heavy (non-hydrogen) atoms. The van der Waals surface area contributed by atoms with Crippen molar-refractivity contribution < 1.29 is 22.3 Å². The van der Waals surface area contributed by atoms with Crippen LogP contribution in [0.4, 0.5) is 4.39 Å². The third kappa shape index (κ3) is 6.11. The molecule has 1 aromatic heterocycles. The molecule has 1 fully saturated rings. The number of nitrogens with two attached hydrogens (primary N) is 1. The van der Waals surface area contributed by atoms with E-state index in [2.05, 4.69) is 16.9 Å². The maximum absolute atomic E-state index is 15.0. The Labute approximate surface area is 203 Å². The normalized spacial score (nSPS) is 19.0. The first-order valence-electron chi connectivity index (χ1n) is 11.3. The van der Waals surface area contributed by atoms with Gasteiger partial charge in [-0.3, -0.25) is 9.69 Å². The van der Waals surface area contributed by atoms with Gasteiger partial charge in [-0.25, -0.2) is 27.6 Å². The number of primary sulfonamides is 1. The van der Waals surface area contributed by atoms with Crippen molar-refractivity contribution in [3.8, 4) is 5.69 Å².